The van der Waals surface area contributed by atoms with Gasteiger partial charge in [-0.05, 0) is 44.1 Å². The van der Waals surface area contributed by atoms with E-state index in [1.54, 1.807) is 36.2 Å². The molecule has 9 nitrogen and oxygen atoms in total. The molecule has 0 radical (unpaired) electrons. The highest BCUT2D eigenvalue weighted by Crippen LogP contribution is 2.32. The first kappa shape index (κ1) is 21.5. The molecule has 1 fully saturated rings. The van der Waals surface area contributed by atoms with E-state index in [2.05, 4.69) is 25.5 Å². The summed E-state index contributed by atoms with van der Waals surface area (Å²) in [6.45, 7) is 1.81. The molecule has 1 amide bonds. The molecule has 4 heterocycles. The number of fused-ring (bicyclic) bond motifs is 1. The van der Waals surface area contributed by atoms with Crippen LogP contribution in [0.3, 0.4) is 0 Å². The number of rotatable bonds is 4. The number of hydrogen-bond acceptors (Lipinski definition) is 7. The summed E-state index contributed by atoms with van der Waals surface area (Å²) in [6.07, 6.45) is 3.67. The van der Waals surface area contributed by atoms with Gasteiger partial charge in [-0.1, -0.05) is 16.8 Å². The third-order valence-corrected chi connectivity index (χ3v) is 5.71. The third-order valence-electron chi connectivity index (χ3n) is 5.41. The molecule has 0 unspecified atom stereocenters. The lowest BCUT2D eigenvalue weighted by atomic mass is 9.95. The summed E-state index contributed by atoms with van der Waals surface area (Å²) in [6, 6.07) is 5.24. The number of nitrogens with zero attached hydrogens (tertiary/aromatic N) is 5. The molecular formula is C20H20Cl2N6O3. The van der Waals surface area contributed by atoms with E-state index in [-0.39, 0.29) is 30.7 Å². The molecule has 1 aromatic carbocycles. The summed E-state index contributed by atoms with van der Waals surface area (Å²) in [5, 5.41) is 12.4. The van der Waals surface area contributed by atoms with Crippen molar-refractivity contribution in [2.45, 2.75) is 19.3 Å². The Hall–Kier alpha value is -2.75. The number of halogens is 2. The summed E-state index contributed by atoms with van der Waals surface area (Å²) in [5.74, 6) is 1.99. The summed E-state index contributed by atoms with van der Waals surface area (Å²) < 4.78 is 12.4. The number of ether oxygens (including phenoxy) is 1. The Morgan fingerprint density at radius 3 is 2.84 bits per heavy atom. The van der Waals surface area contributed by atoms with Crippen LogP contribution >= 0.6 is 24.0 Å². The Labute approximate surface area is 189 Å². The predicted octanol–water partition coefficient (Wildman–Crippen LogP) is 3.01. The average Bonchev–Trinajstić information content (AvgIpc) is 3.41. The number of nitrogens with one attached hydrogen (secondary N) is 1. The molecule has 31 heavy (non-hydrogen) atoms. The first-order chi connectivity index (χ1) is 14.6. The van der Waals surface area contributed by atoms with Crippen molar-refractivity contribution in [2.75, 3.05) is 20.2 Å². The molecular weight excluding hydrogens is 443 g/mol. The second-order valence-corrected chi connectivity index (χ2v) is 7.66. The van der Waals surface area contributed by atoms with E-state index in [0.29, 0.717) is 39.4 Å². The van der Waals surface area contributed by atoms with Crippen LogP contribution in [-0.2, 0) is 11.2 Å². The Morgan fingerprint density at radius 1 is 1.29 bits per heavy atom. The normalized spacial score (nSPS) is 16.5. The Balaban J connectivity index is 0.00000231. The summed E-state index contributed by atoms with van der Waals surface area (Å²) in [7, 11) is 1.55. The highest BCUT2D eigenvalue weighted by atomic mass is 35.5. The van der Waals surface area contributed by atoms with Crippen LogP contribution < -0.4 is 10.1 Å². The van der Waals surface area contributed by atoms with Gasteiger partial charge in [-0.15, -0.1) is 12.4 Å². The van der Waals surface area contributed by atoms with Crippen molar-refractivity contribution in [3.05, 3.63) is 35.1 Å². The quantitative estimate of drug-likeness (QED) is 0.634. The molecule has 162 valence electrons. The van der Waals surface area contributed by atoms with E-state index in [1.807, 2.05) is 0 Å². The highest BCUT2D eigenvalue weighted by molar-refractivity contribution is 6.32. The van der Waals surface area contributed by atoms with Gasteiger partial charge in [-0.3, -0.25) is 4.79 Å². The van der Waals surface area contributed by atoms with Crippen molar-refractivity contribution in [3.8, 4) is 28.6 Å². The minimum Gasteiger partial charge on any atom is -0.495 e. The van der Waals surface area contributed by atoms with Gasteiger partial charge in [0.1, 0.15) is 11.6 Å². The Morgan fingerprint density at radius 2 is 2.10 bits per heavy atom. The lowest BCUT2D eigenvalue weighted by Gasteiger charge is -2.26. The van der Waals surface area contributed by atoms with Crippen LogP contribution in [0.5, 0.6) is 5.75 Å². The molecule has 2 aliphatic rings. The van der Waals surface area contributed by atoms with Crippen LogP contribution in [0.1, 0.15) is 18.5 Å². The second-order valence-electron chi connectivity index (χ2n) is 7.25. The third kappa shape index (κ3) is 3.96. The van der Waals surface area contributed by atoms with Crippen molar-refractivity contribution in [3.63, 3.8) is 0 Å². The van der Waals surface area contributed by atoms with E-state index in [9.17, 15) is 4.79 Å². The number of hydrogen-bond donors (Lipinski definition) is 1. The van der Waals surface area contributed by atoms with Crippen molar-refractivity contribution in [1.82, 2.24) is 25.2 Å². The van der Waals surface area contributed by atoms with Crippen molar-refractivity contribution in [1.29, 1.82) is 0 Å². The van der Waals surface area contributed by atoms with Crippen molar-refractivity contribution in [2.24, 2.45) is 10.9 Å². The molecule has 0 bridgehead atoms. The van der Waals surface area contributed by atoms with Gasteiger partial charge in [0.2, 0.25) is 5.82 Å². The first-order valence-electron chi connectivity index (χ1n) is 9.71. The van der Waals surface area contributed by atoms with Gasteiger partial charge >= 0.3 is 0 Å². The fourth-order valence-electron chi connectivity index (χ4n) is 3.88. The summed E-state index contributed by atoms with van der Waals surface area (Å²) in [5.41, 5.74) is 2.08. The molecule has 3 aromatic rings. The minimum atomic E-state index is -0.177. The lowest BCUT2D eigenvalue weighted by Crippen LogP contribution is -2.38. The second kappa shape index (κ2) is 8.78. The Kier molecular flexibility index (Phi) is 6.08. The molecule has 2 aromatic heterocycles. The van der Waals surface area contributed by atoms with Crippen LogP contribution in [0.4, 0.5) is 0 Å². The minimum absolute atomic E-state index is 0. The molecule has 0 aliphatic carbocycles. The molecule has 0 spiro atoms. The van der Waals surface area contributed by atoms with Crippen LogP contribution in [0.25, 0.3) is 22.8 Å². The van der Waals surface area contributed by atoms with E-state index < -0.39 is 0 Å². The SMILES string of the molecule is COc1ccc(-c2nc(-c3cnn4c3CC(=O)N=C4C3CCNCC3)no2)cc1Cl.Cl. The number of carbonyl (C=O) groups is 1. The monoisotopic (exact) mass is 462 g/mol. The number of benzene rings is 1. The van der Waals surface area contributed by atoms with Gasteiger partial charge in [0, 0.05) is 11.5 Å². The number of methoxy groups -OCH3 is 1. The molecule has 1 N–H and O–H groups in total. The largest absolute Gasteiger partial charge is 0.495 e. The number of piperidine rings is 1. The zero-order valence-corrected chi connectivity index (χ0v) is 18.2. The average molecular weight is 463 g/mol. The van der Waals surface area contributed by atoms with Crippen LogP contribution in [0, 0.1) is 5.92 Å². The smallest absolute Gasteiger partial charge is 0.258 e. The zero-order chi connectivity index (χ0) is 20.7. The van der Waals surface area contributed by atoms with Crippen molar-refractivity contribution < 1.29 is 14.1 Å². The molecule has 0 atom stereocenters. The lowest BCUT2D eigenvalue weighted by molar-refractivity contribution is -0.117. The molecule has 2 aliphatic heterocycles. The van der Waals surface area contributed by atoms with Crippen molar-refractivity contribution >= 4 is 35.8 Å². The van der Waals surface area contributed by atoms with E-state index in [1.165, 1.54) is 0 Å². The van der Waals surface area contributed by atoms with Gasteiger partial charge in [-0.25, -0.2) is 4.68 Å². The highest BCUT2D eigenvalue weighted by Gasteiger charge is 2.31. The van der Waals surface area contributed by atoms with Crippen LogP contribution in [0.15, 0.2) is 33.9 Å². The number of aromatic nitrogens is 4. The van der Waals surface area contributed by atoms with Gasteiger partial charge in [0.15, 0.2) is 0 Å². The van der Waals surface area contributed by atoms with Gasteiger partial charge in [-0.2, -0.15) is 15.1 Å². The summed E-state index contributed by atoms with van der Waals surface area (Å²) in [4.78, 5) is 21.1. The maximum atomic E-state index is 12.3. The number of aliphatic imine (C=N–C) groups is 1. The fourth-order valence-corrected chi connectivity index (χ4v) is 4.14. The zero-order valence-electron chi connectivity index (χ0n) is 16.7. The van der Waals surface area contributed by atoms with E-state index >= 15 is 0 Å². The fraction of sp³-hybridized carbons (Fsp3) is 0.350. The first-order valence-corrected chi connectivity index (χ1v) is 10.1. The molecule has 0 saturated carbocycles. The van der Waals surface area contributed by atoms with Crippen LogP contribution in [0.2, 0.25) is 5.02 Å². The van der Waals surface area contributed by atoms with Crippen LogP contribution in [-0.4, -0.2) is 51.9 Å². The topological polar surface area (TPSA) is 107 Å². The molecule has 5 rings (SSSR count). The Bertz CT molecular complexity index is 1150. The maximum absolute atomic E-state index is 12.3. The predicted molar refractivity (Wildman–Crippen MR) is 117 cm³/mol. The molecule has 11 heteroatoms. The number of carbonyl (C=O) groups excluding carboxylic acids is 1. The van der Waals surface area contributed by atoms with Gasteiger partial charge in [0.05, 0.1) is 36.0 Å². The maximum Gasteiger partial charge on any atom is 0.258 e. The van der Waals surface area contributed by atoms with E-state index in [4.69, 9.17) is 20.9 Å². The van der Waals surface area contributed by atoms with Gasteiger partial charge in [0.25, 0.3) is 11.8 Å². The molecule has 1 saturated heterocycles. The van der Waals surface area contributed by atoms with E-state index in [0.717, 1.165) is 31.6 Å². The standard InChI is InChI=1S/C20H19ClN6O3.ClH/c1-29-16-3-2-12(8-14(16)21)20-25-18(26-30-20)13-10-23-27-15(13)9-17(28)24-19(27)11-4-6-22-7-5-11;/h2-3,8,10-11,22H,4-7,9H2,1H3;1H. The summed E-state index contributed by atoms with van der Waals surface area (Å²) >= 11 is 6.20. The van der Waals surface area contributed by atoms with Gasteiger partial charge < -0.3 is 14.6 Å². The number of amides is 1.